The summed E-state index contributed by atoms with van der Waals surface area (Å²) >= 11 is 0. The average Bonchev–Trinajstić information content (AvgIpc) is 3.10. The predicted octanol–water partition coefficient (Wildman–Crippen LogP) is 4.80. The molecule has 1 aromatic heterocycles. The maximum atomic E-state index is 13.0. The molecule has 1 amide bonds. The molecule has 3 aromatic carbocycles. The van der Waals surface area contributed by atoms with E-state index in [1.165, 1.54) is 37.3 Å². The van der Waals surface area contributed by atoms with Gasteiger partial charge in [0.05, 0.1) is 6.61 Å². The van der Waals surface area contributed by atoms with Gasteiger partial charge in [0.1, 0.15) is 21.8 Å². The SMILES string of the molecule is CCOC(=O)c1c(C)oc2c1cc(OS(=O)(=O)c1ccc(NC(C)=O)cc1)c1ccccc12. The van der Waals surface area contributed by atoms with Gasteiger partial charge in [0.2, 0.25) is 5.91 Å². The van der Waals surface area contributed by atoms with Gasteiger partial charge >= 0.3 is 16.1 Å². The fourth-order valence-electron chi connectivity index (χ4n) is 3.61. The number of furan rings is 1. The van der Waals surface area contributed by atoms with Gasteiger partial charge in [-0.25, -0.2) is 4.79 Å². The highest BCUT2D eigenvalue weighted by Crippen LogP contribution is 2.39. The Hall–Kier alpha value is -3.85. The van der Waals surface area contributed by atoms with E-state index in [4.69, 9.17) is 13.3 Å². The van der Waals surface area contributed by atoms with E-state index < -0.39 is 16.1 Å². The number of rotatable bonds is 6. The summed E-state index contributed by atoms with van der Waals surface area (Å²) < 4.78 is 42.6. The van der Waals surface area contributed by atoms with Crippen LogP contribution in [0, 0.1) is 6.92 Å². The number of ether oxygens (including phenoxy) is 1. The molecule has 0 saturated heterocycles. The molecular formula is C24H21NO7S. The highest BCUT2D eigenvalue weighted by atomic mass is 32.2. The van der Waals surface area contributed by atoms with Crippen LogP contribution in [0.2, 0.25) is 0 Å². The van der Waals surface area contributed by atoms with Crippen molar-refractivity contribution in [1.82, 2.24) is 0 Å². The summed E-state index contributed by atoms with van der Waals surface area (Å²) in [5.41, 5.74) is 1.12. The Morgan fingerprint density at radius 1 is 1.00 bits per heavy atom. The minimum Gasteiger partial charge on any atom is -0.462 e. The van der Waals surface area contributed by atoms with E-state index in [2.05, 4.69) is 5.32 Å². The fourth-order valence-corrected chi connectivity index (χ4v) is 4.55. The van der Waals surface area contributed by atoms with Crippen LogP contribution in [-0.2, 0) is 19.6 Å². The molecule has 0 saturated carbocycles. The quantitative estimate of drug-likeness (QED) is 0.320. The number of esters is 1. The van der Waals surface area contributed by atoms with E-state index in [9.17, 15) is 18.0 Å². The zero-order chi connectivity index (χ0) is 23.8. The first-order chi connectivity index (χ1) is 15.7. The van der Waals surface area contributed by atoms with E-state index in [-0.39, 0.29) is 28.7 Å². The number of benzene rings is 3. The second kappa shape index (κ2) is 8.59. The zero-order valence-electron chi connectivity index (χ0n) is 18.2. The van der Waals surface area contributed by atoms with Crippen LogP contribution >= 0.6 is 0 Å². The largest absolute Gasteiger partial charge is 0.462 e. The molecule has 4 aromatic rings. The van der Waals surface area contributed by atoms with Crippen molar-refractivity contribution < 1.29 is 31.3 Å². The Bertz CT molecular complexity index is 1490. The molecule has 4 rings (SSSR count). The molecule has 0 aliphatic rings. The molecule has 0 aliphatic heterocycles. The molecule has 1 heterocycles. The highest BCUT2D eigenvalue weighted by molar-refractivity contribution is 7.87. The van der Waals surface area contributed by atoms with Crippen LogP contribution in [-0.4, -0.2) is 26.9 Å². The first-order valence-electron chi connectivity index (χ1n) is 10.2. The van der Waals surface area contributed by atoms with Crippen molar-refractivity contribution in [3.8, 4) is 5.75 Å². The number of carbonyl (C=O) groups is 2. The lowest BCUT2D eigenvalue weighted by atomic mass is 10.0. The lowest BCUT2D eigenvalue weighted by Gasteiger charge is -2.11. The summed E-state index contributed by atoms with van der Waals surface area (Å²) in [5.74, 6) is -0.418. The van der Waals surface area contributed by atoms with E-state index in [0.717, 1.165) is 0 Å². The smallest absolute Gasteiger partial charge is 0.342 e. The molecule has 0 unspecified atom stereocenters. The molecule has 9 heteroatoms. The Morgan fingerprint density at radius 3 is 2.30 bits per heavy atom. The number of nitrogens with one attached hydrogen (secondary N) is 1. The Morgan fingerprint density at radius 2 is 1.67 bits per heavy atom. The number of hydrogen-bond acceptors (Lipinski definition) is 7. The molecule has 0 atom stereocenters. The lowest BCUT2D eigenvalue weighted by Crippen LogP contribution is -2.11. The van der Waals surface area contributed by atoms with Gasteiger partial charge in [-0.15, -0.1) is 0 Å². The van der Waals surface area contributed by atoms with Crippen LogP contribution in [0.3, 0.4) is 0 Å². The molecule has 170 valence electrons. The summed E-state index contributed by atoms with van der Waals surface area (Å²) in [6.45, 7) is 4.89. The van der Waals surface area contributed by atoms with Gasteiger partial charge in [-0.05, 0) is 44.2 Å². The predicted molar refractivity (Wildman–Crippen MR) is 123 cm³/mol. The van der Waals surface area contributed by atoms with E-state index in [1.807, 2.05) is 0 Å². The number of fused-ring (bicyclic) bond motifs is 3. The number of aryl methyl sites for hydroxylation is 1. The average molecular weight is 467 g/mol. The summed E-state index contributed by atoms with van der Waals surface area (Å²) in [5, 5.41) is 4.08. The van der Waals surface area contributed by atoms with Crippen molar-refractivity contribution >= 4 is 49.4 Å². The standard InChI is InChI=1S/C24H21NO7S/c1-4-30-24(27)22-14(2)31-23-19-8-6-5-7-18(19)21(13-20(22)23)32-33(28,29)17-11-9-16(10-12-17)25-15(3)26/h5-13H,4H2,1-3H3,(H,25,26). The maximum absolute atomic E-state index is 13.0. The van der Waals surface area contributed by atoms with E-state index in [1.54, 1.807) is 38.1 Å². The number of hydrogen-bond donors (Lipinski definition) is 1. The summed E-state index contributed by atoms with van der Waals surface area (Å²) in [6, 6.07) is 14.1. The third kappa shape index (κ3) is 4.27. The molecule has 0 spiro atoms. The van der Waals surface area contributed by atoms with Crippen LogP contribution in [0.15, 0.2) is 63.9 Å². The van der Waals surface area contributed by atoms with Gasteiger partial charge in [0.15, 0.2) is 5.75 Å². The first kappa shape index (κ1) is 22.3. The van der Waals surface area contributed by atoms with Crippen molar-refractivity contribution in [2.45, 2.75) is 25.7 Å². The minimum atomic E-state index is -4.21. The second-order valence-electron chi connectivity index (χ2n) is 7.29. The normalized spacial score (nSPS) is 11.5. The first-order valence-corrected chi connectivity index (χ1v) is 11.6. The van der Waals surface area contributed by atoms with Gasteiger partial charge in [-0.3, -0.25) is 4.79 Å². The van der Waals surface area contributed by atoms with Gasteiger partial charge in [-0.1, -0.05) is 24.3 Å². The maximum Gasteiger partial charge on any atom is 0.342 e. The molecular weight excluding hydrogens is 446 g/mol. The van der Waals surface area contributed by atoms with Crippen LogP contribution < -0.4 is 9.50 Å². The Balaban J connectivity index is 1.83. The molecule has 33 heavy (non-hydrogen) atoms. The number of amides is 1. The van der Waals surface area contributed by atoms with E-state index >= 15 is 0 Å². The van der Waals surface area contributed by atoms with Gasteiger partial charge < -0.3 is 18.7 Å². The van der Waals surface area contributed by atoms with Crippen LogP contribution in [0.5, 0.6) is 5.75 Å². The third-order valence-corrected chi connectivity index (χ3v) is 6.22. The molecule has 0 bridgehead atoms. The summed E-state index contributed by atoms with van der Waals surface area (Å²) in [7, 11) is -4.21. The van der Waals surface area contributed by atoms with Crippen LogP contribution in [0.1, 0.15) is 30.0 Å². The van der Waals surface area contributed by atoms with Crippen LogP contribution in [0.25, 0.3) is 21.7 Å². The van der Waals surface area contributed by atoms with Crippen molar-refractivity contribution in [1.29, 1.82) is 0 Å². The van der Waals surface area contributed by atoms with Gasteiger partial charge in [0, 0.05) is 28.8 Å². The number of anilines is 1. The van der Waals surface area contributed by atoms with Crippen molar-refractivity contribution in [3.05, 3.63) is 65.9 Å². The Kier molecular flexibility index (Phi) is 5.82. The second-order valence-corrected chi connectivity index (χ2v) is 8.84. The molecule has 0 radical (unpaired) electrons. The van der Waals surface area contributed by atoms with Crippen molar-refractivity contribution in [2.24, 2.45) is 0 Å². The van der Waals surface area contributed by atoms with Crippen LogP contribution in [0.4, 0.5) is 5.69 Å². The fraction of sp³-hybridized carbons (Fsp3) is 0.167. The molecule has 1 N–H and O–H groups in total. The third-order valence-electron chi connectivity index (χ3n) is 4.98. The number of carbonyl (C=O) groups excluding carboxylic acids is 2. The summed E-state index contributed by atoms with van der Waals surface area (Å²) in [4.78, 5) is 23.6. The minimum absolute atomic E-state index is 0.0513. The Labute approximate surface area is 190 Å². The van der Waals surface area contributed by atoms with Gasteiger partial charge in [0.25, 0.3) is 0 Å². The van der Waals surface area contributed by atoms with E-state index in [0.29, 0.717) is 33.2 Å². The molecule has 8 nitrogen and oxygen atoms in total. The zero-order valence-corrected chi connectivity index (χ0v) is 19.0. The molecule has 0 aliphatic carbocycles. The molecule has 0 fully saturated rings. The van der Waals surface area contributed by atoms with Crippen molar-refractivity contribution in [3.63, 3.8) is 0 Å². The topological polar surface area (TPSA) is 112 Å². The monoisotopic (exact) mass is 467 g/mol. The lowest BCUT2D eigenvalue weighted by molar-refractivity contribution is -0.114. The summed E-state index contributed by atoms with van der Waals surface area (Å²) in [6.07, 6.45) is 0. The van der Waals surface area contributed by atoms with Gasteiger partial charge in [-0.2, -0.15) is 8.42 Å². The highest BCUT2D eigenvalue weighted by Gasteiger charge is 2.25. The van der Waals surface area contributed by atoms with Crippen molar-refractivity contribution in [2.75, 3.05) is 11.9 Å².